The van der Waals surface area contributed by atoms with Gasteiger partial charge in [0.15, 0.2) is 0 Å². The van der Waals surface area contributed by atoms with E-state index in [1.165, 1.54) is 6.33 Å². The number of hydrogen-bond donors (Lipinski definition) is 1. The monoisotopic (exact) mass is 262 g/mol. The molecule has 2 aromatic rings. The third-order valence-electron chi connectivity index (χ3n) is 2.63. The van der Waals surface area contributed by atoms with Crippen LogP contribution in [0, 0.1) is 0 Å². The minimum absolute atomic E-state index is 0.00153. The van der Waals surface area contributed by atoms with Gasteiger partial charge in [-0.3, -0.25) is 4.98 Å². The lowest BCUT2D eigenvalue weighted by molar-refractivity contribution is 0.594. The van der Waals surface area contributed by atoms with Gasteiger partial charge in [-0.05, 0) is 24.6 Å². The van der Waals surface area contributed by atoms with Gasteiger partial charge in [-0.1, -0.05) is 18.5 Å². The highest BCUT2D eigenvalue weighted by atomic mass is 35.5. The predicted molar refractivity (Wildman–Crippen MR) is 71.4 cm³/mol. The number of rotatable bonds is 5. The lowest BCUT2D eigenvalue weighted by atomic mass is 10.0. The molecule has 0 aliphatic carbocycles. The van der Waals surface area contributed by atoms with E-state index >= 15 is 0 Å². The maximum Gasteiger partial charge on any atom is 0.115 e. The van der Waals surface area contributed by atoms with Gasteiger partial charge in [0.1, 0.15) is 6.33 Å². The fraction of sp³-hybridized carbons (Fsp3) is 0.308. The van der Waals surface area contributed by atoms with E-state index < -0.39 is 0 Å². The van der Waals surface area contributed by atoms with E-state index in [2.05, 4.69) is 27.2 Å². The first-order valence-corrected chi connectivity index (χ1v) is 6.28. The molecule has 0 radical (unpaired) electrons. The fourth-order valence-corrected chi connectivity index (χ4v) is 2.00. The van der Waals surface area contributed by atoms with E-state index in [-0.39, 0.29) is 6.04 Å². The van der Waals surface area contributed by atoms with Gasteiger partial charge in [0.2, 0.25) is 0 Å². The molecule has 2 aromatic heterocycles. The summed E-state index contributed by atoms with van der Waals surface area (Å²) < 4.78 is 0. The van der Waals surface area contributed by atoms with Gasteiger partial charge in [0, 0.05) is 30.4 Å². The van der Waals surface area contributed by atoms with Gasteiger partial charge in [0.25, 0.3) is 0 Å². The largest absolute Gasteiger partial charge is 0.306 e. The van der Waals surface area contributed by atoms with Crippen molar-refractivity contribution in [3.05, 3.63) is 53.3 Å². The molecule has 0 amide bonds. The summed E-state index contributed by atoms with van der Waals surface area (Å²) in [7, 11) is 0. The number of nitrogens with zero attached hydrogens (tertiary/aromatic N) is 3. The quantitative estimate of drug-likeness (QED) is 0.900. The molecule has 0 aromatic carbocycles. The van der Waals surface area contributed by atoms with Crippen molar-refractivity contribution in [3.63, 3.8) is 0 Å². The number of aromatic nitrogens is 3. The molecule has 0 bridgehead atoms. The lowest BCUT2D eigenvalue weighted by Crippen LogP contribution is -2.23. The predicted octanol–water partition coefficient (Wildman–Crippen LogP) is 2.61. The molecule has 0 aliphatic rings. The summed E-state index contributed by atoms with van der Waals surface area (Å²) in [5.74, 6) is 0. The Morgan fingerprint density at radius 1 is 1.22 bits per heavy atom. The summed E-state index contributed by atoms with van der Waals surface area (Å²) in [6, 6.07) is 1.92. The molecule has 0 spiro atoms. The Balaban J connectivity index is 2.34. The van der Waals surface area contributed by atoms with Crippen LogP contribution in [0.1, 0.15) is 30.5 Å². The average Bonchev–Trinajstić information content (AvgIpc) is 2.42. The van der Waals surface area contributed by atoms with E-state index in [1.54, 1.807) is 24.8 Å². The van der Waals surface area contributed by atoms with Crippen molar-refractivity contribution in [1.82, 2.24) is 20.3 Å². The van der Waals surface area contributed by atoms with Crippen LogP contribution < -0.4 is 5.32 Å². The van der Waals surface area contributed by atoms with Gasteiger partial charge in [-0.2, -0.15) is 0 Å². The Labute approximate surface area is 111 Å². The minimum Gasteiger partial charge on any atom is -0.306 e. The first-order valence-electron chi connectivity index (χ1n) is 5.90. The third kappa shape index (κ3) is 3.03. The van der Waals surface area contributed by atoms with E-state index in [1.807, 2.05) is 6.07 Å². The van der Waals surface area contributed by atoms with Crippen LogP contribution in [0.25, 0.3) is 0 Å². The molecule has 0 fully saturated rings. The van der Waals surface area contributed by atoms with Gasteiger partial charge >= 0.3 is 0 Å². The summed E-state index contributed by atoms with van der Waals surface area (Å²) in [4.78, 5) is 12.1. The van der Waals surface area contributed by atoms with Crippen molar-refractivity contribution in [1.29, 1.82) is 0 Å². The molecule has 4 nitrogen and oxygen atoms in total. The van der Waals surface area contributed by atoms with Gasteiger partial charge in [-0.25, -0.2) is 9.97 Å². The highest BCUT2D eigenvalue weighted by molar-refractivity contribution is 6.31. The Bertz CT molecular complexity index is 489. The molecule has 18 heavy (non-hydrogen) atoms. The first kappa shape index (κ1) is 12.9. The molecule has 1 N–H and O–H groups in total. The average molecular weight is 263 g/mol. The van der Waals surface area contributed by atoms with Gasteiger partial charge in [-0.15, -0.1) is 0 Å². The van der Waals surface area contributed by atoms with Crippen LogP contribution >= 0.6 is 11.6 Å². The zero-order valence-corrected chi connectivity index (χ0v) is 10.9. The van der Waals surface area contributed by atoms with Crippen LogP contribution in [0.3, 0.4) is 0 Å². The Morgan fingerprint density at radius 3 is 2.67 bits per heavy atom. The van der Waals surface area contributed by atoms with Crippen LogP contribution in [-0.4, -0.2) is 21.5 Å². The second kappa shape index (κ2) is 6.42. The Hall–Kier alpha value is -1.52. The molecule has 94 valence electrons. The molecule has 0 saturated heterocycles. The summed E-state index contributed by atoms with van der Waals surface area (Å²) >= 11 is 6.20. The lowest BCUT2D eigenvalue weighted by Gasteiger charge is -2.19. The van der Waals surface area contributed by atoms with Crippen molar-refractivity contribution in [2.75, 3.05) is 6.54 Å². The highest BCUT2D eigenvalue weighted by Gasteiger charge is 2.16. The maximum atomic E-state index is 6.20. The standard InChI is InChI=1S/C13H15ClN4/c1-2-4-18-13(10-6-16-9-17-7-10)11-3-5-15-8-12(11)14/h3,5-9,13,18H,2,4H2,1H3. The molecule has 2 rings (SSSR count). The topological polar surface area (TPSA) is 50.7 Å². The normalized spacial score (nSPS) is 12.3. The summed E-state index contributed by atoms with van der Waals surface area (Å²) in [6.45, 7) is 3.03. The van der Waals surface area contributed by atoms with Crippen LogP contribution in [0.15, 0.2) is 37.2 Å². The molecule has 0 aliphatic heterocycles. The van der Waals surface area contributed by atoms with Gasteiger partial charge in [0.05, 0.1) is 11.1 Å². The maximum absolute atomic E-state index is 6.20. The van der Waals surface area contributed by atoms with Crippen LogP contribution in [-0.2, 0) is 0 Å². The number of nitrogens with one attached hydrogen (secondary N) is 1. The molecule has 1 unspecified atom stereocenters. The summed E-state index contributed by atoms with van der Waals surface area (Å²) in [5, 5.41) is 4.10. The molecule has 2 heterocycles. The van der Waals surface area contributed by atoms with E-state index in [9.17, 15) is 0 Å². The smallest absolute Gasteiger partial charge is 0.115 e. The zero-order valence-electron chi connectivity index (χ0n) is 10.2. The number of halogens is 1. The second-order valence-corrected chi connectivity index (χ2v) is 4.36. The van der Waals surface area contributed by atoms with Crippen molar-refractivity contribution in [3.8, 4) is 0 Å². The van der Waals surface area contributed by atoms with Gasteiger partial charge < -0.3 is 5.32 Å². The molecule has 1 atom stereocenters. The van der Waals surface area contributed by atoms with E-state index in [4.69, 9.17) is 11.6 Å². The van der Waals surface area contributed by atoms with Crippen molar-refractivity contribution >= 4 is 11.6 Å². The third-order valence-corrected chi connectivity index (χ3v) is 2.94. The number of pyridine rings is 1. The Morgan fingerprint density at radius 2 is 2.00 bits per heavy atom. The van der Waals surface area contributed by atoms with E-state index in [0.29, 0.717) is 5.02 Å². The summed E-state index contributed by atoms with van der Waals surface area (Å²) in [6.07, 6.45) is 9.57. The molecule has 5 heteroatoms. The molecule has 0 saturated carbocycles. The minimum atomic E-state index is 0.00153. The number of hydrogen-bond acceptors (Lipinski definition) is 4. The summed E-state index contributed by atoms with van der Waals surface area (Å²) in [5.41, 5.74) is 1.99. The van der Waals surface area contributed by atoms with Crippen LogP contribution in [0.2, 0.25) is 5.02 Å². The van der Waals surface area contributed by atoms with E-state index in [0.717, 1.165) is 24.1 Å². The van der Waals surface area contributed by atoms with Crippen molar-refractivity contribution in [2.24, 2.45) is 0 Å². The van der Waals surface area contributed by atoms with Crippen LogP contribution in [0.5, 0.6) is 0 Å². The second-order valence-electron chi connectivity index (χ2n) is 3.96. The van der Waals surface area contributed by atoms with Crippen molar-refractivity contribution in [2.45, 2.75) is 19.4 Å². The highest BCUT2D eigenvalue weighted by Crippen LogP contribution is 2.26. The fourth-order valence-electron chi connectivity index (χ4n) is 1.78. The SMILES string of the molecule is CCCNC(c1cncnc1)c1ccncc1Cl. The molecular weight excluding hydrogens is 248 g/mol. The zero-order chi connectivity index (χ0) is 12.8. The van der Waals surface area contributed by atoms with Crippen molar-refractivity contribution < 1.29 is 0 Å². The van der Waals surface area contributed by atoms with Crippen LogP contribution in [0.4, 0.5) is 0 Å². The molecular formula is C13H15ClN4. The Kier molecular flexibility index (Phi) is 4.61. The first-order chi connectivity index (χ1) is 8.83.